The summed E-state index contributed by atoms with van der Waals surface area (Å²) in [6.45, 7) is -1.16. The number of anilines is 1. The SMILES string of the molecule is Nc1nc(=O)n([C@@H]2O[C@H](COP(=O)(O)OP(=O)(O)OP(=O)(O)O)C(O)C2O)cc1[N+](=O)[O-]. The lowest BCUT2D eigenvalue weighted by atomic mass is 10.1. The number of aliphatic hydroxyl groups excluding tert-OH is 2. The van der Waals surface area contributed by atoms with Crippen LogP contribution in [0.15, 0.2) is 11.0 Å². The summed E-state index contributed by atoms with van der Waals surface area (Å²) in [7, 11) is -17.0. The predicted molar refractivity (Wildman–Crippen MR) is 95.3 cm³/mol. The van der Waals surface area contributed by atoms with E-state index in [1.54, 1.807) is 0 Å². The minimum absolute atomic E-state index is 0.410. The molecule has 1 aromatic heterocycles. The molecule has 1 aliphatic heterocycles. The van der Waals surface area contributed by atoms with Crippen molar-refractivity contribution in [3.05, 3.63) is 26.8 Å². The van der Waals surface area contributed by atoms with Crippen LogP contribution >= 0.6 is 23.5 Å². The number of phosphoric ester groups is 1. The zero-order chi connectivity index (χ0) is 24.6. The van der Waals surface area contributed by atoms with Gasteiger partial charge in [-0.05, 0) is 0 Å². The van der Waals surface area contributed by atoms with Gasteiger partial charge in [-0.15, -0.1) is 0 Å². The molecule has 1 aromatic rings. The lowest BCUT2D eigenvalue weighted by molar-refractivity contribution is -0.384. The van der Waals surface area contributed by atoms with Gasteiger partial charge < -0.3 is 40.3 Å². The van der Waals surface area contributed by atoms with E-state index in [4.69, 9.17) is 25.2 Å². The van der Waals surface area contributed by atoms with E-state index < -0.39 is 76.7 Å². The predicted octanol–water partition coefficient (Wildman–Crippen LogP) is -2.30. The molecule has 1 saturated heterocycles. The van der Waals surface area contributed by atoms with Crippen LogP contribution in [-0.2, 0) is 31.6 Å². The van der Waals surface area contributed by atoms with Crippen molar-refractivity contribution in [3.8, 4) is 0 Å². The van der Waals surface area contributed by atoms with Crippen molar-refractivity contribution in [3.63, 3.8) is 0 Å². The molecule has 1 aliphatic rings. The Morgan fingerprint density at radius 2 is 1.75 bits per heavy atom. The second-order valence-electron chi connectivity index (χ2n) is 5.89. The summed E-state index contributed by atoms with van der Waals surface area (Å²) in [6, 6.07) is 0. The van der Waals surface area contributed by atoms with Gasteiger partial charge in [0.2, 0.25) is 5.82 Å². The summed E-state index contributed by atoms with van der Waals surface area (Å²) in [5.41, 5.74) is 3.18. The van der Waals surface area contributed by atoms with Crippen LogP contribution in [0.2, 0.25) is 0 Å². The van der Waals surface area contributed by atoms with Gasteiger partial charge in [0.05, 0.1) is 17.7 Å². The Morgan fingerprint density at radius 3 is 2.28 bits per heavy atom. The number of nitrogen functional groups attached to an aromatic ring is 1. The molecule has 23 heteroatoms. The first-order valence-corrected chi connectivity index (χ1v) is 12.3. The first-order chi connectivity index (χ1) is 14.4. The van der Waals surface area contributed by atoms with Gasteiger partial charge in [0.25, 0.3) is 0 Å². The third kappa shape index (κ3) is 6.69. The molecule has 0 aromatic carbocycles. The lowest BCUT2D eigenvalue weighted by Gasteiger charge is -2.19. The zero-order valence-electron chi connectivity index (χ0n) is 15.1. The third-order valence-corrected chi connectivity index (χ3v) is 7.39. The van der Waals surface area contributed by atoms with Gasteiger partial charge in [0.15, 0.2) is 6.23 Å². The Labute approximate surface area is 175 Å². The van der Waals surface area contributed by atoms with E-state index in [1.165, 1.54) is 0 Å². The standard InChI is InChI=1S/C9H15N4O16P3/c10-7-3(13(17)18)1-12(9(16)11-7)8-6(15)5(14)4(27-8)2-26-31(22,23)29-32(24,25)28-30(19,20)21/h1,4-6,8,14-15H,2H2,(H,22,23)(H,24,25)(H2,10,11,16)(H2,19,20,21)/t4-,5?,6?,8-/m1/s1. The molecule has 6 atom stereocenters. The van der Waals surface area contributed by atoms with Crippen LogP contribution in [0.1, 0.15) is 6.23 Å². The number of ether oxygens (including phenoxy) is 1. The minimum Gasteiger partial charge on any atom is -0.387 e. The fourth-order valence-corrected chi connectivity index (χ4v) is 5.39. The average Bonchev–Trinajstić information content (AvgIpc) is 2.85. The van der Waals surface area contributed by atoms with Crippen molar-refractivity contribution in [2.75, 3.05) is 12.3 Å². The van der Waals surface area contributed by atoms with Crippen LogP contribution in [0.5, 0.6) is 0 Å². The number of rotatable bonds is 9. The van der Waals surface area contributed by atoms with Gasteiger partial charge in [0.1, 0.15) is 18.3 Å². The van der Waals surface area contributed by atoms with Gasteiger partial charge in [0, 0.05) is 0 Å². The highest BCUT2D eigenvalue weighted by Gasteiger charge is 2.47. The van der Waals surface area contributed by atoms with Crippen LogP contribution in [0.4, 0.5) is 11.5 Å². The molecule has 0 amide bonds. The van der Waals surface area contributed by atoms with E-state index >= 15 is 0 Å². The summed E-state index contributed by atoms with van der Waals surface area (Å²) < 4.78 is 50.3. The van der Waals surface area contributed by atoms with Crippen molar-refractivity contribution in [1.29, 1.82) is 0 Å². The van der Waals surface area contributed by atoms with Crippen LogP contribution in [-0.4, -0.2) is 69.2 Å². The topological polar surface area (TPSA) is 314 Å². The van der Waals surface area contributed by atoms with E-state index in [0.29, 0.717) is 10.8 Å². The Bertz CT molecular complexity index is 1090. The van der Waals surface area contributed by atoms with Gasteiger partial charge >= 0.3 is 34.8 Å². The van der Waals surface area contributed by atoms with E-state index in [9.17, 15) is 43.7 Å². The van der Waals surface area contributed by atoms with Crippen molar-refractivity contribution >= 4 is 35.0 Å². The average molecular weight is 528 g/mol. The van der Waals surface area contributed by atoms with Crippen LogP contribution in [0, 0.1) is 10.1 Å². The highest BCUT2D eigenvalue weighted by atomic mass is 31.3. The number of aliphatic hydroxyl groups is 2. The van der Waals surface area contributed by atoms with Crippen molar-refractivity contribution in [2.24, 2.45) is 0 Å². The quantitative estimate of drug-likeness (QED) is 0.101. The summed E-state index contributed by atoms with van der Waals surface area (Å²) in [5.74, 6) is -0.742. The second kappa shape index (κ2) is 9.32. The first kappa shape index (κ1) is 26.6. The van der Waals surface area contributed by atoms with Gasteiger partial charge in [-0.2, -0.15) is 13.6 Å². The van der Waals surface area contributed by atoms with Crippen LogP contribution in [0.3, 0.4) is 0 Å². The molecule has 0 bridgehead atoms. The summed E-state index contributed by atoms with van der Waals surface area (Å²) >= 11 is 0. The van der Waals surface area contributed by atoms with Crippen LogP contribution < -0.4 is 11.4 Å². The molecule has 0 radical (unpaired) electrons. The molecule has 0 spiro atoms. The molecule has 182 valence electrons. The number of nitrogens with two attached hydrogens (primary N) is 1. The molecule has 4 unspecified atom stereocenters. The van der Waals surface area contributed by atoms with Gasteiger partial charge in [-0.1, -0.05) is 0 Å². The number of nitro groups is 1. The zero-order valence-corrected chi connectivity index (χ0v) is 17.8. The van der Waals surface area contributed by atoms with Crippen molar-refractivity contribution in [2.45, 2.75) is 24.5 Å². The smallest absolute Gasteiger partial charge is 0.387 e. The molecule has 2 heterocycles. The normalized spacial score (nSPS) is 27.6. The Hall–Kier alpha value is -1.63. The fourth-order valence-electron chi connectivity index (χ4n) is 2.36. The van der Waals surface area contributed by atoms with E-state index in [2.05, 4.69) is 18.1 Å². The van der Waals surface area contributed by atoms with E-state index in [1.807, 2.05) is 0 Å². The third-order valence-electron chi connectivity index (χ3n) is 3.59. The van der Waals surface area contributed by atoms with E-state index in [-0.39, 0.29) is 0 Å². The number of nitrogens with zero attached hydrogens (tertiary/aromatic N) is 3. The molecule has 0 saturated carbocycles. The molecular formula is C9H15N4O16P3. The molecule has 1 fully saturated rings. The minimum atomic E-state index is -5.79. The summed E-state index contributed by atoms with van der Waals surface area (Å²) in [5, 5.41) is 31.0. The largest absolute Gasteiger partial charge is 0.490 e. The Kier molecular flexibility index (Phi) is 7.75. The molecule has 2 rings (SSSR count). The number of aromatic nitrogens is 2. The number of hydrogen-bond acceptors (Lipinski definition) is 14. The number of phosphoric acid groups is 3. The highest BCUT2D eigenvalue weighted by molar-refractivity contribution is 7.66. The first-order valence-electron chi connectivity index (χ1n) is 7.75. The maximum atomic E-state index is 12.0. The maximum absolute atomic E-state index is 12.0. The van der Waals surface area contributed by atoms with E-state index in [0.717, 1.165) is 0 Å². The van der Waals surface area contributed by atoms with Gasteiger partial charge in [-0.3, -0.25) is 19.2 Å². The highest BCUT2D eigenvalue weighted by Crippen LogP contribution is 2.66. The molecule has 20 nitrogen and oxygen atoms in total. The van der Waals surface area contributed by atoms with Crippen LogP contribution in [0.25, 0.3) is 0 Å². The summed E-state index contributed by atoms with van der Waals surface area (Å²) in [6.07, 6.45) is -6.85. The Balaban J connectivity index is 2.15. The number of hydrogen-bond donors (Lipinski definition) is 7. The fraction of sp³-hybridized carbons (Fsp3) is 0.556. The molecule has 8 N–H and O–H groups in total. The Morgan fingerprint density at radius 1 is 1.16 bits per heavy atom. The molecule has 0 aliphatic carbocycles. The molecular weight excluding hydrogens is 513 g/mol. The van der Waals surface area contributed by atoms with Crippen molar-refractivity contribution < 1.29 is 66.3 Å². The monoisotopic (exact) mass is 528 g/mol. The summed E-state index contributed by atoms with van der Waals surface area (Å²) in [4.78, 5) is 60.4. The molecule has 32 heavy (non-hydrogen) atoms. The van der Waals surface area contributed by atoms with Crippen molar-refractivity contribution in [1.82, 2.24) is 9.55 Å². The maximum Gasteiger partial charge on any atom is 0.490 e. The van der Waals surface area contributed by atoms with Gasteiger partial charge in [-0.25, -0.2) is 18.5 Å². The second-order valence-corrected chi connectivity index (χ2v) is 10.3. The lowest BCUT2D eigenvalue weighted by Crippen LogP contribution is -2.36.